The van der Waals surface area contributed by atoms with Crippen molar-refractivity contribution in [3.05, 3.63) is 77.8 Å². The number of anilines is 1. The van der Waals surface area contributed by atoms with Gasteiger partial charge in [0.05, 0.1) is 0 Å². The van der Waals surface area contributed by atoms with Gasteiger partial charge >= 0.3 is 0 Å². The summed E-state index contributed by atoms with van der Waals surface area (Å²) in [5.41, 5.74) is 1.10. The van der Waals surface area contributed by atoms with Crippen molar-refractivity contribution in [2.45, 2.75) is 18.9 Å². The van der Waals surface area contributed by atoms with Gasteiger partial charge in [-0.25, -0.2) is 9.97 Å². The SMILES string of the molecule is O=C(C[C@@H](Cn1cccc1)c1ccc(Cl)cc1)NCCNc1ncccn1. The van der Waals surface area contributed by atoms with Crippen LogP contribution in [-0.2, 0) is 11.3 Å². The molecule has 6 nitrogen and oxygen atoms in total. The molecule has 0 saturated heterocycles. The Morgan fingerprint density at radius 1 is 1.04 bits per heavy atom. The Bertz CT molecular complexity index is 821. The molecule has 2 N–H and O–H groups in total. The van der Waals surface area contributed by atoms with Crippen LogP contribution in [0, 0.1) is 0 Å². The summed E-state index contributed by atoms with van der Waals surface area (Å²) in [6.45, 7) is 1.81. The molecule has 1 atom stereocenters. The maximum absolute atomic E-state index is 12.4. The summed E-state index contributed by atoms with van der Waals surface area (Å²) >= 11 is 6.00. The lowest BCUT2D eigenvalue weighted by molar-refractivity contribution is -0.121. The van der Waals surface area contributed by atoms with Crippen LogP contribution < -0.4 is 10.6 Å². The molecule has 1 aromatic carbocycles. The smallest absolute Gasteiger partial charge is 0.222 e. The Balaban J connectivity index is 1.53. The van der Waals surface area contributed by atoms with Gasteiger partial charge in [-0.1, -0.05) is 23.7 Å². The minimum Gasteiger partial charge on any atom is -0.354 e. The molecule has 140 valence electrons. The molecule has 0 radical (unpaired) electrons. The molecule has 0 aliphatic rings. The Hall–Kier alpha value is -2.86. The van der Waals surface area contributed by atoms with Crippen molar-refractivity contribution in [2.24, 2.45) is 0 Å². The third-order valence-corrected chi connectivity index (χ3v) is 4.42. The van der Waals surface area contributed by atoms with Gasteiger partial charge < -0.3 is 15.2 Å². The Labute approximate surface area is 163 Å². The number of aromatic nitrogens is 3. The van der Waals surface area contributed by atoms with E-state index in [1.165, 1.54) is 0 Å². The van der Waals surface area contributed by atoms with E-state index in [0.29, 0.717) is 30.5 Å². The largest absolute Gasteiger partial charge is 0.354 e. The summed E-state index contributed by atoms with van der Waals surface area (Å²) in [5, 5.41) is 6.72. The molecule has 2 aromatic heterocycles. The van der Waals surface area contributed by atoms with E-state index in [9.17, 15) is 4.79 Å². The third-order valence-electron chi connectivity index (χ3n) is 4.17. The van der Waals surface area contributed by atoms with Crippen LogP contribution in [-0.4, -0.2) is 33.5 Å². The van der Waals surface area contributed by atoms with Crippen molar-refractivity contribution in [3.8, 4) is 0 Å². The quantitative estimate of drug-likeness (QED) is 0.556. The molecule has 3 rings (SSSR count). The second kappa shape index (κ2) is 9.73. The van der Waals surface area contributed by atoms with Crippen LogP contribution in [0.4, 0.5) is 5.95 Å². The van der Waals surface area contributed by atoms with Gasteiger partial charge in [-0.2, -0.15) is 0 Å². The lowest BCUT2D eigenvalue weighted by atomic mass is 9.95. The number of carbonyl (C=O) groups excluding carboxylic acids is 1. The first-order valence-electron chi connectivity index (χ1n) is 8.84. The Morgan fingerprint density at radius 2 is 1.74 bits per heavy atom. The minimum absolute atomic E-state index is 0.0119. The first-order chi connectivity index (χ1) is 13.2. The van der Waals surface area contributed by atoms with Crippen molar-refractivity contribution in [3.63, 3.8) is 0 Å². The molecule has 0 aliphatic heterocycles. The number of carbonyl (C=O) groups is 1. The fourth-order valence-corrected chi connectivity index (χ4v) is 2.96. The summed E-state index contributed by atoms with van der Waals surface area (Å²) in [5.74, 6) is 0.636. The molecule has 0 aliphatic carbocycles. The number of rotatable bonds is 9. The standard InChI is InChI=1S/C20H22ClN5O/c21-18-6-4-16(5-7-18)17(15-26-12-1-2-13-26)14-19(27)22-10-11-25-20-23-8-3-9-24-20/h1-9,12-13,17H,10-11,14-15H2,(H,22,27)(H,23,24,25)/t17-/m0/s1. The van der Waals surface area contributed by atoms with Gasteiger partial charge in [-0.15, -0.1) is 0 Å². The molecule has 2 heterocycles. The monoisotopic (exact) mass is 383 g/mol. The molecule has 0 bridgehead atoms. The van der Waals surface area contributed by atoms with Gasteiger partial charge in [-0.3, -0.25) is 4.79 Å². The van der Waals surface area contributed by atoms with Crippen molar-refractivity contribution >= 4 is 23.5 Å². The van der Waals surface area contributed by atoms with E-state index in [1.54, 1.807) is 18.5 Å². The van der Waals surface area contributed by atoms with Gasteiger partial charge in [-0.05, 0) is 35.9 Å². The fourth-order valence-electron chi connectivity index (χ4n) is 2.83. The molecule has 1 amide bonds. The molecule has 27 heavy (non-hydrogen) atoms. The van der Waals surface area contributed by atoms with Gasteiger partial charge in [0, 0.05) is 61.8 Å². The summed E-state index contributed by atoms with van der Waals surface area (Å²) in [6, 6.07) is 13.4. The van der Waals surface area contributed by atoms with E-state index in [4.69, 9.17) is 11.6 Å². The highest BCUT2D eigenvalue weighted by Crippen LogP contribution is 2.23. The molecular weight excluding hydrogens is 362 g/mol. The number of amides is 1. The number of nitrogens with zero attached hydrogens (tertiary/aromatic N) is 3. The van der Waals surface area contributed by atoms with Crippen LogP contribution >= 0.6 is 11.6 Å². The first kappa shape index (κ1) is 18.9. The van der Waals surface area contributed by atoms with Crippen molar-refractivity contribution in [1.82, 2.24) is 19.9 Å². The summed E-state index contributed by atoms with van der Waals surface area (Å²) < 4.78 is 2.08. The highest BCUT2D eigenvalue weighted by atomic mass is 35.5. The van der Waals surface area contributed by atoms with Crippen LogP contribution in [0.1, 0.15) is 17.9 Å². The van der Waals surface area contributed by atoms with Crippen LogP contribution in [0.25, 0.3) is 0 Å². The summed E-state index contributed by atoms with van der Waals surface area (Å²) in [6.07, 6.45) is 7.76. The zero-order chi connectivity index (χ0) is 18.9. The molecule has 0 spiro atoms. The Kier molecular flexibility index (Phi) is 6.82. The van der Waals surface area contributed by atoms with Gasteiger partial charge in [0.1, 0.15) is 0 Å². The third kappa shape index (κ3) is 6.11. The number of nitrogens with one attached hydrogen (secondary N) is 2. The normalized spacial score (nSPS) is 11.7. The molecule has 0 fully saturated rings. The van der Waals surface area contributed by atoms with E-state index in [-0.39, 0.29) is 11.8 Å². The minimum atomic E-state index is 0.0119. The second-order valence-electron chi connectivity index (χ2n) is 6.18. The summed E-state index contributed by atoms with van der Waals surface area (Å²) in [4.78, 5) is 20.6. The number of halogens is 1. The number of hydrogen-bond acceptors (Lipinski definition) is 4. The number of hydrogen-bond donors (Lipinski definition) is 2. The average Bonchev–Trinajstić information content (AvgIpc) is 3.19. The lowest BCUT2D eigenvalue weighted by Gasteiger charge is -2.18. The highest BCUT2D eigenvalue weighted by molar-refractivity contribution is 6.30. The first-order valence-corrected chi connectivity index (χ1v) is 9.22. The van der Waals surface area contributed by atoms with Gasteiger partial charge in [0.25, 0.3) is 0 Å². The molecular formula is C20H22ClN5O. The van der Waals surface area contributed by atoms with E-state index in [0.717, 1.165) is 12.1 Å². The van der Waals surface area contributed by atoms with Crippen LogP contribution in [0.3, 0.4) is 0 Å². The zero-order valence-corrected chi connectivity index (χ0v) is 15.6. The lowest BCUT2D eigenvalue weighted by Crippen LogP contribution is -2.30. The zero-order valence-electron chi connectivity index (χ0n) is 14.9. The second-order valence-corrected chi connectivity index (χ2v) is 6.62. The van der Waals surface area contributed by atoms with Gasteiger partial charge in [0.2, 0.25) is 11.9 Å². The topological polar surface area (TPSA) is 71.8 Å². The summed E-state index contributed by atoms with van der Waals surface area (Å²) in [7, 11) is 0. The predicted octanol–water partition coefficient (Wildman–Crippen LogP) is 3.33. The van der Waals surface area contributed by atoms with Crippen LogP contribution in [0.2, 0.25) is 5.02 Å². The molecule has 0 unspecified atom stereocenters. The van der Waals surface area contributed by atoms with Crippen molar-refractivity contribution in [2.75, 3.05) is 18.4 Å². The molecule has 3 aromatic rings. The predicted molar refractivity (Wildman–Crippen MR) is 107 cm³/mol. The van der Waals surface area contributed by atoms with Crippen LogP contribution in [0.5, 0.6) is 0 Å². The van der Waals surface area contributed by atoms with E-state index in [2.05, 4.69) is 25.2 Å². The van der Waals surface area contributed by atoms with Crippen molar-refractivity contribution in [1.29, 1.82) is 0 Å². The van der Waals surface area contributed by atoms with E-state index >= 15 is 0 Å². The van der Waals surface area contributed by atoms with Crippen LogP contribution in [0.15, 0.2) is 67.3 Å². The van der Waals surface area contributed by atoms with Gasteiger partial charge in [0.15, 0.2) is 0 Å². The maximum Gasteiger partial charge on any atom is 0.222 e. The average molecular weight is 384 g/mol. The van der Waals surface area contributed by atoms with Crippen molar-refractivity contribution < 1.29 is 4.79 Å². The number of benzene rings is 1. The van der Waals surface area contributed by atoms with E-state index < -0.39 is 0 Å². The highest BCUT2D eigenvalue weighted by Gasteiger charge is 2.16. The molecule has 7 heteroatoms. The fraction of sp³-hybridized carbons (Fsp3) is 0.250. The Morgan fingerprint density at radius 3 is 2.44 bits per heavy atom. The maximum atomic E-state index is 12.4. The molecule has 0 saturated carbocycles. The van der Waals surface area contributed by atoms with E-state index in [1.807, 2.05) is 48.8 Å².